The molecule has 0 saturated carbocycles. The lowest BCUT2D eigenvalue weighted by atomic mass is 9.58. The van der Waals surface area contributed by atoms with Crippen LogP contribution in [0.2, 0.25) is 0 Å². The quantitative estimate of drug-likeness (QED) is 0.464. The van der Waals surface area contributed by atoms with Crippen LogP contribution in [0, 0.1) is 13.8 Å². The predicted octanol–water partition coefficient (Wildman–Crippen LogP) is 6.61. The van der Waals surface area contributed by atoms with Gasteiger partial charge < -0.3 is 0 Å². The molecule has 2 heterocycles. The first-order valence-electron chi connectivity index (χ1n) is 10.5. The Morgan fingerprint density at radius 2 is 1.41 bits per heavy atom. The van der Waals surface area contributed by atoms with Gasteiger partial charge in [0.05, 0.1) is 11.0 Å². The lowest BCUT2D eigenvalue weighted by Gasteiger charge is -2.48. The number of aryl methyl sites for hydroxylation is 2. The molecule has 0 N–H and O–H groups in total. The molecular formula is C26H32N+. The van der Waals surface area contributed by atoms with E-state index in [1.165, 1.54) is 38.9 Å². The summed E-state index contributed by atoms with van der Waals surface area (Å²) in [7, 11) is 0. The molecule has 1 unspecified atom stereocenters. The van der Waals surface area contributed by atoms with E-state index in [1.54, 1.807) is 0 Å². The van der Waals surface area contributed by atoms with Gasteiger partial charge in [0.15, 0.2) is 5.54 Å². The molecule has 2 aromatic carbocycles. The van der Waals surface area contributed by atoms with Crippen LogP contribution in [0.4, 0.5) is 0 Å². The highest BCUT2D eigenvalue weighted by atomic mass is 15.1. The van der Waals surface area contributed by atoms with E-state index in [0.717, 1.165) is 19.3 Å². The highest BCUT2D eigenvalue weighted by Gasteiger charge is 2.58. The zero-order valence-corrected chi connectivity index (χ0v) is 17.7. The number of hydrogen-bond donors (Lipinski definition) is 0. The van der Waals surface area contributed by atoms with E-state index >= 15 is 0 Å². The van der Waals surface area contributed by atoms with Gasteiger partial charge in [-0.3, -0.25) is 0 Å². The van der Waals surface area contributed by atoms with Gasteiger partial charge >= 0.3 is 0 Å². The van der Waals surface area contributed by atoms with Crippen LogP contribution in [0.15, 0.2) is 48.5 Å². The summed E-state index contributed by atoms with van der Waals surface area (Å²) in [5.41, 5.74) is 8.54. The zero-order valence-electron chi connectivity index (χ0n) is 17.7. The van der Waals surface area contributed by atoms with E-state index < -0.39 is 0 Å². The summed E-state index contributed by atoms with van der Waals surface area (Å²) in [5, 5.41) is 1.34. The Morgan fingerprint density at radius 3 is 2.07 bits per heavy atom. The maximum Gasteiger partial charge on any atom is 0.213 e. The smallest absolute Gasteiger partial charge is 0.185 e. The van der Waals surface area contributed by atoms with Crippen molar-refractivity contribution in [3.8, 4) is 11.3 Å². The Bertz CT molecular complexity index is 1030. The first-order valence-corrected chi connectivity index (χ1v) is 10.5. The van der Waals surface area contributed by atoms with Crippen molar-refractivity contribution < 1.29 is 4.57 Å². The lowest BCUT2D eigenvalue weighted by molar-refractivity contribution is -0.747. The summed E-state index contributed by atoms with van der Waals surface area (Å²) in [6.45, 7) is 14.0. The second kappa shape index (κ2) is 6.19. The molecule has 1 atom stereocenters. The molecule has 0 spiro atoms. The molecule has 4 rings (SSSR count). The largest absolute Gasteiger partial charge is 0.213 e. The topological polar surface area (TPSA) is 3.88 Å². The van der Waals surface area contributed by atoms with E-state index in [4.69, 9.17) is 0 Å². The van der Waals surface area contributed by atoms with Gasteiger partial charge in [-0.1, -0.05) is 44.5 Å². The minimum absolute atomic E-state index is 0.0760. The molecule has 1 aliphatic rings. The molecule has 0 saturated heterocycles. The lowest BCUT2D eigenvalue weighted by Crippen LogP contribution is -2.69. The fourth-order valence-corrected chi connectivity index (χ4v) is 5.75. The maximum absolute atomic E-state index is 2.71. The first kappa shape index (κ1) is 18.2. The third-order valence-electron chi connectivity index (χ3n) is 7.47. The van der Waals surface area contributed by atoms with Crippen LogP contribution >= 0.6 is 0 Å². The van der Waals surface area contributed by atoms with E-state index in [1.807, 2.05) is 0 Å². The van der Waals surface area contributed by atoms with Crippen LogP contribution in [0.25, 0.3) is 22.2 Å². The molecule has 0 bridgehead atoms. The molecule has 0 amide bonds. The highest BCUT2D eigenvalue weighted by molar-refractivity contribution is 5.80. The maximum atomic E-state index is 2.71. The molecule has 1 nitrogen and oxygen atoms in total. The van der Waals surface area contributed by atoms with E-state index in [0.29, 0.717) is 0 Å². The summed E-state index contributed by atoms with van der Waals surface area (Å²) in [4.78, 5) is 0. The Balaban J connectivity index is 2.25. The Hall–Kier alpha value is -2.15. The molecule has 3 aromatic rings. The number of aromatic nitrogens is 1. The van der Waals surface area contributed by atoms with E-state index in [-0.39, 0.29) is 11.0 Å². The van der Waals surface area contributed by atoms with E-state index in [9.17, 15) is 0 Å². The Labute approximate surface area is 164 Å². The third-order valence-corrected chi connectivity index (χ3v) is 7.47. The number of nitrogens with zero attached hydrogens (tertiary/aromatic N) is 1. The van der Waals surface area contributed by atoms with Crippen molar-refractivity contribution in [2.45, 2.75) is 71.8 Å². The van der Waals surface area contributed by atoms with Gasteiger partial charge in [-0.15, -0.1) is 0 Å². The summed E-state index contributed by atoms with van der Waals surface area (Å²) in [6.07, 6.45) is 3.40. The first-order chi connectivity index (χ1) is 12.9. The Kier molecular flexibility index (Phi) is 4.18. The number of benzene rings is 2. The van der Waals surface area contributed by atoms with Gasteiger partial charge in [-0.05, 0) is 56.5 Å². The van der Waals surface area contributed by atoms with Crippen LogP contribution in [-0.2, 0) is 11.0 Å². The van der Waals surface area contributed by atoms with Crippen LogP contribution in [0.1, 0.15) is 63.6 Å². The van der Waals surface area contributed by atoms with Crippen molar-refractivity contribution >= 4 is 10.9 Å². The monoisotopic (exact) mass is 358 g/mol. The van der Waals surface area contributed by atoms with Gasteiger partial charge in [0.1, 0.15) is 0 Å². The van der Waals surface area contributed by atoms with Crippen LogP contribution in [0.5, 0.6) is 0 Å². The number of hydrogen-bond acceptors (Lipinski definition) is 0. The molecular weight excluding hydrogens is 326 g/mol. The molecule has 1 aromatic heterocycles. The fourth-order valence-electron chi connectivity index (χ4n) is 5.75. The molecule has 1 aliphatic heterocycles. The average Bonchev–Trinajstić information content (AvgIpc) is 2.68. The summed E-state index contributed by atoms with van der Waals surface area (Å²) < 4.78 is 2.71. The third kappa shape index (κ3) is 2.27. The summed E-state index contributed by atoms with van der Waals surface area (Å²) in [5.74, 6) is 0. The number of fused-ring (bicyclic) bond motifs is 5. The standard InChI is InChI=1S/C26H32N/c1-7-25(6)22-14-11-18(4)16-21(22)23-15-13-20-12-10-19(5)17-24(20)27(23)26(25,8-2)9-3/h10-17H,7-9H2,1-6H3/q+1. The molecule has 0 aliphatic carbocycles. The van der Waals surface area contributed by atoms with Crippen LogP contribution in [0.3, 0.4) is 0 Å². The van der Waals surface area contributed by atoms with Gasteiger partial charge in [0.25, 0.3) is 0 Å². The second-order valence-corrected chi connectivity index (χ2v) is 8.59. The molecule has 27 heavy (non-hydrogen) atoms. The van der Waals surface area contributed by atoms with Crippen molar-refractivity contribution in [2.75, 3.05) is 0 Å². The van der Waals surface area contributed by atoms with Crippen molar-refractivity contribution in [2.24, 2.45) is 0 Å². The van der Waals surface area contributed by atoms with Crippen molar-refractivity contribution in [3.63, 3.8) is 0 Å². The van der Waals surface area contributed by atoms with Gasteiger partial charge in [0, 0.05) is 30.4 Å². The van der Waals surface area contributed by atoms with Crippen molar-refractivity contribution in [3.05, 3.63) is 65.2 Å². The Morgan fingerprint density at radius 1 is 0.778 bits per heavy atom. The van der Waals surface area contributed by atoms with Crippen LogP contribution < -0.4 is 4.57 Å². The van der Waals surface area contributed by atoms with Gasteiger partial charge in [0.2, 0.25) is 11.2 Å². The van der Waals surface area contributed by atoms with Crippen LogP contribution in [-0.4, -0.2) is 0 Å². The molecule has 140 valence electrons. The SMILES string of the molecule is CCC1(C)c2ccc(C)cc2-c2ccc3ccc(C)cc3[n+]2C1(CC)CC. The minimum atomic E-state index is 0.0760. The number of rotatable bonds is 3. The summed E-state index contributed by atoms with van der Waals surface area (Å²) >= 11 is 0. The molecule has 1 heteroatoms. The van der Waals surface area contributed by atoms with Gasteiger partial charge in [-0.25, -0.2) is 0 Å². The van der Waals surface area contributed by atoms with Crippen molar-refractivity contribution in [1.29, 1.82) is 0 Å². The fraction of sp³-hybridized carbons (Fsp3) is 0.423. The normalized spacial score (nSPS) is 20.4. The molecule has 0 fully saturated rings. The minimum Gasteiger partial charge on any atom is -0.185 e. The average molecular weight is 359 g/mol. The highest BCUT2D eigenvalue weighted by Crippen LogP contribution is 2.51. The number of pyridine rings is 1. The second-order valence-electron chi connectivity index (χ2n) is 8.59. The predicted molar refractivity (Wildman–Crippen MR) is 115 cm³/mol. The zero-order chi connectivity index (χ0) is 19.4. The summed E-state index contributed by atoms with van der Waals surface area (Å²) in [6, 6.07) is 18.6. The van der Waals surface area contributed by atoms with Gasteiger partial charge in [-0.2, -0.15) is 4.57 Å². The van der Waals surface area contributed by atoms with Crippen molar-refractivity contribution in [1.82, 2.24) is 0 Å². The molecule has 0 radical (unpaired) electrons. The van der Waals surface area contributed by atoms with E-state index in [2.05, 4.69) is 94.6 Å².